The van der Waals surface area contributed by atoms with Crippen LogP contribution in [0.4, 0.5) is 11.4 Å². The third kappa shape index (κ3) is 7.61. The Labute approximate surface area is 298 Å². The highest BCUT2D eigenvalue weighted by atomic mass is 32.2. The lowest BCUT2D eigenvalue weighted by atomic mass is 9.81. The first-order chi connectivity index (χ1) is 23.7. The van der Waals surface area contributed by atoms with E-state index in [1.54, 1.807) is 12.1 Å². The summed E-state index contributed by atoms with van der Waals surface area (Å²) in [6, 6.07) is 9.10. The van der Waals surface area contributed by atoms with E-state index in [1.165, 1.54) is 36.4 Å². The van der Waals surface area contributed by atoms with E-state index >= 15 is 0 Å². The molecule has 0 spiro atoms. The number of allylic oxidation sites excluding steroid dienone is 4. The number of rotatable bonds is 13. The van der Waals surface area contributed by atoms with E-state index in [9.17, 15) is 40.3 Å². The molecule has 2 aromatic carbocycles. The fourth-order valence-corrected chi connectivity index (χ4v) is 8.06. The molecule has 5 rings (SSSR count). The van der Waals surface area contributed by atoms with Crippen molar-refractivity contribution >= 4 is 55.0 Å². The van der Waals surface area contributed by atoms with Crippen LogP contribution in [0.25, 0.3) is 0 Å². The Balaban J connectivity index is 1.31. The SMILES string of the molecule is C[N+]1=C(/C=C/C=C2\N(CCCCCC(=O)NCCN3C(=O)C=CC3=O)c3ccc(S(=O)(=O)O)cc3C2(C)C)C(C)(C)c2cc(S(=O)(=O)O)ccc21. The molecule has 0 bridgehead atoms. The van der Waals surface area contributed by atoms with Crippen LogP contribution in [0.1, 0.15) is 64.5 Å². The van der Waals surface area contributed by atoms with Gasteiger partial charge in [0.1, 0.15) is 7.05 Å². The third-order valence-corrected chi connectivity index (χ3v) is 11.5. The average molecular weight is 740 g/mol. The molecule has 0 unspecified atom stereocenters. The Morgan fingerprint density at radius 1 is 0.824 bits per heavy atom. The van der Waals surface area contributed by atoms with Crippen molar-refractivity contribution in [1.29, 1.82) is 0 Å². The highest BCUT2D eigenvalue weighted by molar-refractivity contribution is 7.86. The summed E-state index contributed by atoms with van der Waals surface area (Å²) in [7, 11) is -6.93. The smallest absolute Gasteiger partial charge is 0.294 e. The van der Waals surface area contributed by atoms with Crippen molar-refractivity contribution in [2.45, 2.75) is 74.0 Å². The third-order valence-electron chi connectivity index (χ3n) is 9.82. The van der Waals surface area contributed by atoms with Gasteiger partial charge in [-0.15, -0.1) is 0 Å². The first-order valence-corrected chi connectivity index (χ1v) is 19.4. The number of hydrogen-bond donors (Lipinski definition) is 3. The molecule has 0 atom stereocenters. The number of unbranched alkanes of at least 4 members (excludes halogenated alkanes) is 2. The van der Waals surface area contributed by atoms with Gasteiger partial charge in [0, 0.05) is 72.7 Å². The van der Waals surface area contributed by atoms with Gasteiger partial charge in [0.05, 0.1) is 15.2 Å². The number of benzene rings is 2. The minimum Gasteiger partial charge on any atom is -0.354 e. The molecule has 0 fully saturated rings. The van der Waals surface area contributed by atoms with E-state index in [1.807, 2.05) is 57.5 Å². The largest absolute Gasteiger partial charge is 0.354 e. The number of nitrogens with zero attached hydrogens (tertiary/aromatic N) is 3. The fourth-order valence-electron chi connectivity index (χ4n) is 7.04. The Morgan fingerprint density at radius 3 is 2.06 bits per heavy atom. The van der Waals surface area contributed by atoms with Gasteiger partial charge in [0.2, 0.25) is 11.6 Å². The minimum absolute atomic E-state index is 0.109. The normalized spacial score (nSPS) is 18.8. The van der Waals surface area contributed by atoms with Gasteiger partial charge in [0.25, 0.3) is 32.1 Å². The topological polar surface area (TPSA) is 181 Å². The Bertz CT molecular complexity index is 2130. The van der Waals surface area contributed by atoms with Gasteiger partial charge in [-0.25, -0.2) is 0 Å². The van der Waals surface area contributed by atoms with E-state index in [0.717, 1.165) is 45.2 Å². The molecule has 2 aromatic rings. The first kappa shape index (κ1) is 37.8. The summed E-state index contributed by atoms with van der Waals surface area (Å²) in [6.07, 6.45) is 10.6. The first-order valence-electron chi connectivity index (χ1n) is 16.6. The van der Waals surface area contributed by atoms with Crippen LogP contribution in [0.15, 0.2) is 82.3 Å². The van der Waals surface area contributed by atoms with Crippen molar-refractivity contribution in [3.05, 3.63) is 83.6 Å². The molecular weight excluding hydrogens is 697 g/mol. The van der Waals surface area contributed by atoms with Crippen molar-refractivity contribution in [2.75, 3.05) is 31.6 Å². The van der Waals surface area contributed by atoms with E-state index < -0.39 is 42.9 Å². The zero-order valence-corrected chi connectivity index (χ0v) is 30.8. The zero-order chi connectivity index (χ0) is 37.5. The second kappa shape index (κ2) is 13.9. The van der Waals surface area contributed by atoms with Crippen LogP contribution in [-0.2, 0) is 45.4 Å². The molecule has 3 N–H and O–H groups in total. The molecule has 0 saturated carbocycles. The lowest BCUT2D eigenvalue weighted by Gasteiger charge is -2.27. The van der Waals surface area contributed by atoms with Crippen LogP contribution in [0.2, 0.25) is 0 Å². The molecule has 3 aliphatic rings. The molecule has 3 heterocycles. The van der Waals surface area contributed by atoms with Crippen molar-refractivity contribution in [2.24, 2.45) is 0 Å². The maximum Gasteiger partial charge on any atom is 0.294 e. The van der Waals surface area contributed by atoms with Gasteiger partial charge in [-0.3, -0.25) is 28.4 Å². The molecule has 3 aliphatic heterocycles. The number of hydrogen-bond acceptors (Lipinski definition) is 8. The monoisotopic (exact) mass is 739 g/mol. The fraction of sp³-hybridized carbons (Fsp3) is 0.389. The van der Waals surface area contributed by atoms with E-state index in [0.29, 0.717) is 19.4 Å². The van der Waals surface area contributed by atoms with Crippen molar-refractivity contribution in [3.8, 4) is 0 Å². The zero-order valence-electron chi connectivity index (χ0n) is 29.2. The summed E-state index contributed by atoms with van der Waals surface area (Å²) in [4.78, 5) is 38.6. The van der Waals surface area contributed by atoms with Crippen LogP contribution in [0.5, 0.6) is 0 Å². The summed E-state index contributed by atoms with van der Waals surface area (Å²) < 4.78 is 69.2. The standard InChI is InChI=1S/C36H42N4O9S2/c1-35(2)26-22-24(50(44,45)46)13-15-28(26)38(5)30(35)10-9-11-31-36(3,4)27-23-25(51(47,48)49)14-16-29(27)39(31)20-8-6-7-12-32(41)37-19-21-40-33(42)17-18-34(40)43/h9-11,13-18,22-23H,6-8,12,19-21H2,1-5H3,(H2-,37,41,44,45,46,47,48,49)/p+1. The summed E-state index contributed by atoms with van der Waals surface area (Å²) in [5, 5.41) is 2.75. The summed E-state index contributed by atoms with van der Waals surface area (Å²) in [6.45, 7) is 8.76. The van der Waals surface area contributed by atoms with E-state index in [4.69, 9.17) is 0 Å². The number of carbonyl (C=O) groups is 3. The number of carbonyl (C=O) groups excluding carboxylic acids is 3. The molecule has 13 nitrogen and oxygen atoms in total. The second-order valence-corrected chi connectivity index (χ2v) is 16.7. The molecule has 272 valence electrons. The lowest BCUT2D eigenvalue weighted by molar-refractivity contribution is -0.401. The average Bonchev–Trinajstić information content (AvgIpc) is 3.55. The quantitative estimate of drug-likeness (QED) is 0.118. The Morgan fingerprint density at radius 2 is 1.43 bits per heavy atom. The van der Waals surface area contributed by atoms with Crippen LogP contribution in [-0.4, -0.2) is 85.5 Å². The highest BCUT2D eigenvalue weighted by Crippen LogP contribution is 2.49. The van der Waals surface area contributed by atoms with Gasteiger partial charge in [0.15, 0.2) is 5.71 Å². The maximum atomic E-state index is 12.4. The van der Waals surface area contributed by atoms with E-state index in [2.05, 4.69) is 10.2 Å². The summed E-state index contributed by atoms with van der Waals surface area (Å²) >= 11 is 0. The maximum absolute atomic E-state index is 12.4. The van der Waals surface area contributed by atoms with Crippen molar-refractivity contribution in [1.82, 2.24) is 10.2 Å². The Kier molecular flexibility index (Phi) is 10.3. The van der Waals surface area contributed by atoms with Gasteiger partial charge >= 0.3 is 0 Å². The minimum atomic E-state index is -4.44. The van der Waals surface area contributed by atoms with Gasteiger partial charge in [-0.2, -0.15) is 21.4 Å². The Hall–Kier alpha value is -4.44. The predicted octanol–water partition coefficient (Wildman–Crippen LogP) is 4.03. The van der Waals surface area contributed by atoms with Gasteiger partial charge < -0.3 is 10.2 Å². The van der Waals surface area contributed by atoms with Gasteiger partial charge in [-0.05, 0) is 68.7 Å². The van der Waals surface area contributed by atoms with Crippen LogP contribution >= 0.6 is 0 Å². The second-order valence-electron chi connectivity index (χ2n) is 13.9. The molecule has 0 saturated heterocycles. The molecule has 0 aliphatic carbocycles. The van der Waals surface area contributed by atoms with Crippen molar-refractivity contribution in [3.63, 3.8) is 0 Å². The lowest BCUT2D eigenvalue weighted by Crippen LogP contribution is -2.38. The van der Waals surface area contributed by atoms with Crippen molar-refractivity contribution < 1.29 is 44.9 Å². The number of nitrogens with one attached hydrogen (secondary N) is 1. The molecule has 51 heavy (non-hydrogen) atoms. The van der Waals surface area contributed by atoms with Crippen LogP contribution < -0.4 is 10.2 Å². The molecule has 0 aromatic heterocycles. The predicted molar refractivity (Wildman–Crippen MR) is 191 cm³/mol. The molecule has 15 heteroatoms. The number of imide groups is 1. The van der Waals surface area contributed by atoms with E-state index in [-0.39, 0.29) is 35.2 Å². The molecule has 0 radical (unpaired) electrons. The summed E-state index contributed by atoms with van der Waals surface area (Å²) in [5.74, 6) is -0.961. The number of fused-ring (bicyclic) bond motifs is 2. The summed E-state index contributed by atoms with van der Waals surface area (Å²) in [5.41, 5.74) is 3.65. The van der Waals surface area contributed by atoms with Gasteiger partial charge in [-0.1, -0.05) is 26.3 Å². The molecule has 3 amide bonds. The molecular formula is C36H43N4O9S2+. The van der Waals surface area contributed by atoms with Crippen LogP contribution in [0.3, 0.4) is 0 Å². The number of amides is 3. The highest BCUT2D eigenvalue weighted by Gasteiger charge is 2.44. The number of anilines is 1. The van der Waals surface area contributed by atoms with Crippen LogP contribution in [0, 0.1) is 0 Å².